The Kier molecular flexibility index (Phi) is 9.02. The highest BCUT2D eigenvalue weighted by molar-refractivity contribution is 7.89. The Bertz CT molecular complexity index is 1300. The molecule has 3 aromatic rings. The summed E-state index contributed by atoms with van der Waals surface area (Å²) in [4.78, 5) is 16.9. The molecule has 0 aliphatic carbocycles. The van der Waals surface area contributed by atoms with Crippen molar-refractivity contribution in [1.29, 1.82) is 0 Å². The van der Waals surface area contributed by atoms with E-state index in [0.29, 0.717) is 26.2 Å². The van der Waals surface area contributed by atoms with E-state index in [1.807, 2.05) is 49.6 Å². The third-order valence-corrected chi connectivity index (χ3v) is 9.49. The zero-order valence-electron chi connectivity index (χ0n) is 21.6. The summed E-state index contributed by atoms with van der Waals surface area (Å²) >= 11 is 1.68. The molecule has 4 rings (SSSR count). The van der Waals surface area contributed by atoms with Crippen LogP contribution in [0.4, 0.5) is 0 Å². The number of thiophene rings is 1. The van der Waals surface area contributed by atoms with Crippen LogP contribution in [0.1, 0.15) is 34.0 Å². The number of fused-ring (bicyclic) bond motifs is 1. The van der Waals surface area contributed by atoms with Crippen LogP contribution in [0.25, 0.3) is 0 Å². The zero-order valence-corrected chi connectivity index (χ0v) is 23.2. The molecular formula is C28H34N2O5S2. The van der Waals surface area contributed by atoms with E-state index < -0.39 is 10.0 Å². The fourth-order valence-electron chi connectivity index (χ4n) is 4.53. The third kappa shape index (κ3) is 6.41. The first-order chi connectivity index (χ1) is 17.8. The van der Waals surface area contributed by atoms with Gasteiger partial charge in [-0.3, -0.25) is 4.79 Å². The lowest BCUT2D eigenvalue weighted by Gasteiger charge is -2.37. The van der Waals surface area contributed by atoms with E-state index in [4.69, 9.17) is 9.47 Å². The summed E-state index contributed by atoms with van der Waals surface area (Å²) in [6.07, 6.45) is 1.23. The first-order valence-corrected chi connectivity index (χ1v) is 14.7. The number of hydrogen-bond donors (Lipinski definition) is 0. The number of sulfonamides is 1. The SMILES string of the molecule is COCCCN(CC(=O)N1CCc2sccc2[C@H]1COc1ccccc1C)S(=O)(=O)c1ccc(C)cc1. The zero-order chi connectivity index (χ0) is 26.4. The Balaban J connectivity index is 1.57. The van der Waals surface area contributed by atoms with Crippen LogP contribution in [0, 0.1) is 13.8 Å². The van der Waals surface area contributed by atoms with Crippen molar-refractivity contribution in [1.82, 2.24) is 9.21 Å². The quantitative estimate of drug-likeness (QED) is 0.331. The van der Waals surface area contributed by atoms with Gasteiger partial charge in [0.2, 0.25) is 15.9 Å². The lowest BCUT2D eigenvalue weighted by molar-refractivity contribution is -0.135. The minimum atomic E-state index is -3.86. The van der Waals surface area contributed by atoms with Crippen molar-refractivity contribution < 1.29 is 22.7 Å². The van der Waals surface area contributed by atoms with E-state index >= 15 is 0 Å². The summed E-state index contributed by atoms with van der Waals surface area (Å²) in [5, 5.41) is 2.04. The van der Waals surface area contributed by atoms with Crippen molar-refractivity contribution in [2.75, 3.05) is 40.0 Å². The summed E-state index contributed by atoms with van der Waals surface area (Å²) in [5.41, 5.74) is 3.07. The Morgan fingerprint density at radius 3 is 2.59 bits per heavy atom. The van der Waals surface area contributed by atoms with Crippen molar-refractivity contribution in [2.45, 2.75) is 37.6 Å². The standard InChI is InChI=1S/C28H34N2O5S2/c1-21-9-11-23(12-10-21)37(32,33)29(15-6-17-34-3)19-28(31)30-16-13-27-24(14-18-36-27)25(30)20-35-26-8-5-4-7-22(26)2/h4-5,7-12,14,18,25H,6,13,15-17,19-20H2,1-3H3/t25-/m1/s1. The van der Waals surface area contributed by atoms with Gasteiger partial charge in [-0.05, 0) is 67.5 Å². The van der Waals surface area contributed by atoms with E-state index in [0.717, 1.165) is 28.9 Å². The lowest BCUT2D eigenvalue weighted by Crippen LogP contribution is -2.48. The number of benzene rings is 2. The normalized spacial score (nSPS) is 15.6. The molecule has 0 spiro atoms. The number of carbonyl (C=O) groups is 1. The Hall–Kier alpha value is -2.72. The molecule has 0 fully saturated rings. The Labute approximate surface area is 223 Å². The van der Waals surface area contributed by atoms with Gasteiger partial charge >= 0.3 is 0 Å². The van der Waals surface area contributed by atoms with E-state index in [1.54, 1.807) is 47.6 Å². The van der Waals surface area contributed by atoms with Crippen LogP contribution in [0.5, 0.6) is 5.75 Å². The molecule has 0 unspecified atom stereocenters. The van der Waals surface area contributed by atoms with Crippen LogP contribution in [0.3, 0.4) is 0 Å². The average molecular weight is 543 g/mol. The number of para-hydroxylation sites is 1. The number of nitrogens with zero attached hydrogens (tertiary/aromatic N) is 2. The molecule has 0 N–H and O–H groups in total. The second kappa shape index (κ2) is 12.2. The van der Waals surface area contributed by atoms with Crippen molar-refractivity contribution >= 4 is 27.3 Å². The highest BCUT2D eigenvalue weighted by Crippen LogP contribution is 2.34. The fraction of sp³-hybridized carbons (Fsp3) is 0.393. The molecule has 0 saturated heterocycles. The second-order valence-electron chi connectivity index (χ2n) is 9.23. The Morgan fingerprint density at radius 1 is 1.11 bits per heavy atom. The van der Waals surface area contributed by atoms with E-state index in [1.165, 1.54) is 9.18 Å². The van der Waals surface area contributed by atoms with Crippen molar-refractivity contribution in [2.24, 2.45) is 0 Å². The number of hydrogen-bond acceptors (Lipinski definition) is 6. The molecule has 198 valence electrons. The van der Waals surface area contributed by atoms with Gasteiger partial charge in [0.25, 0.3) is 0 Å². The van der Waals surface area contributed by atoms with Crippen LogP contribution in [0.15, 0.2) is 64.9 Å². The Morgan fingerprint density at radius 2 is 1.86 bits per heavy atom. The van der Waals surface area contributed by atoms with Gasteiger partial charge in [-0.15, -0.1) is 11.3 Å². The van der Waals surface area contributed by atoms with Crippen LogP contribution >= 0.6 is 11.3 Å². The minimum Gasteiger partial charge on any atom is -0.491 e. The monoisotopic (exact) mass is 542 g/mol. The number of aryl methyl sites for hydroxylation is 2. The predicted molar refractivity (Wildman–Crippen MR) is 146 cm³/mol. The molecule has 9 heteroatoms. The van der Waals surface area contributed by atoms with E-state index in [2.05, 4.69) is 0 Å². The van der Waals surface area contributed by atoms with Gasteiger partial charge in [-0.25, -0.2) is 8.42 Å². The molecule has 0 bridgehead atoms. The number of methoxy groups -OCH3 is 1. The van der Waals surface area contributed by atoms with Gasteiger partial charge in [0, 0.05) is 31.7 Å². The molecule has 0 saturated carbocycles. The summed E-state index contributed by atoms with van der Waals surface area (Å²) in [5.74, 6) is 0.545. The highest BCUT2D eigenvalue weighted by Gasteiger charge is 2.35. The maximum Gasteiger partial charge on any atom is 0.243 e. The average Bonchev–Trinajstić information content (AvgIpc) is 3.37. The van der Waals surface area contributed by atoms with Gasteiger partial charge in [-0.2, -0.15) is 4.31 Å². The summed E-state index contributed by atoms with van der Waals surface area (Å²) < 4.78 is 39.7. The first kappa shape index (κ1) is 27.3. The highest BCUT2D eigenvalue weighted by atomic mass is 32.2. The number of carbonyl (C=O) groups excluding carboxylic acids is 1. The van der Waals surface area contributed by atoms with Crippen molar-refractivity contribution in [3.05, 3.63) is 81.5 Å². The summed E-state index contributed by atoms with van der Waals surface area (Å²) in [6.45, 7) is 5.08. The summed E-state index contributed by atoms with van der Waals surface area (Å²) in [7, 11) is -2.28. The molecule has 37 heavy (non-hydrogen) atoms. The maximum absolute atomic E-state index is 13.7. The number of amides is 1. The maximum atomic E-state index is 13.7. The molecule has 1 amide bonds. The third-order valence-electron chi connectivity index (χ3n) is 6.63. The van der Waals surface area contributed by atoms with Crippen LogP contribution in [-0.4, -0.2) is 63.5 Å². The van der Waals surface area contributed by atoms with Crippen molar-refractivity contribution in [3.63, 3.8) is 0 Å². The van der Waals surface area contributed by atoms with Gasteiger partial charge in [0.05, 0.1) is 17.5 Å². The van der Waals surface area contributed by atoms with Gasteiger partial charge in [0.1, 0.15) is 12.4 Å². The van der Waals surface area contributed by atoms with Crippen molar-refractivity contribution in [3.8, 4) is 5.75 Å². The molecular weight excluding hydrogens is 508 g/mol. The molecule has 1 aromatic heterocycles. The predicted octanol–water partition coefficient (Wildman–Crippen LogP) is 4.60. The number of rotatable bonds is 11. The molecule has 1 aliphatic rings. The number of ether oxygens (including phenoxy) is 2. The van der Waals surface area contributed by atoms with Gasteiger partial charge in [0.15, 0.2) is 0 Å². The smallest absolute Gasteiger partial charge is 0.243 e. The van der Waals surface area contributed by atoms with E-state index in [-0.39, 0.29) is 29.9 Å². The van der Waals surface area contributed by atoms with Crippen LogP contribution in [-0.2, 0) is 26.0 Å². The van der Waals surface area contributed by atoms with Gasteiger partial charge in [-0.1, -0.05) is 35.9 Å². The summed E-state index contributed by atoms with van der Waals surface area (Å²) in [6, 6.07) is 16.3. The molecule has 1 atom stereocenters. The lowest BCUT2D eigenvalue weighted by atomic mass is 10.0. The first-order valence-electron chi connectivity index (χ1n) is 12.4. The fourth-order valence-corrected chi connectivity index (χ4v) is 6.89. The molecule has 0 radical (unpaired) electrons. The molecule has 7 nitrogen and oxygen atoms in total. The van der Waals surface area contributed by atoms with Crippen LogP contribution < -0.4 is 4.74 Å². The van der Waals surface area contributed by atoms with Crippen LogP contribution in [0.2, 0.25) is 0 Å². The topological polar surface area (TPSA) is 76.2 Å². The molecule has 2 aromatic carbocycles. The minimum absolute atomic E-state index is 0.182. The van der Waals surface area contributed by atoms with Gasteiger partial charge < -0.3 is 14.4 Å². The molecule has 1 aliphatic heterocycles. The second-order valence-corrected chi connectivity index (χ2v) is 12.2. The van der Waals surface area contributed by atoms with E-state index in [9.17, 15) is 13.2 Å². The largest absolute Gasteiger partial charge is 0.491 e. The molecule has 2 heterocycles.